The van der Waals surface area contributed by atoms with E-state index in [1.54, 1.807) is 18.3 Å². The van der Waals surface area contributed by atoms with Gasteiger partial charge in [0.25, 0.3) is 15.9 Å². The summed E-state index contributed by atoms with van der Waals surface area (Å²) in [6, 6.07) is 6.88. The van der Waals surface area contributed by atoms with E-state index in [4.69, 9.17) is 0 Å². The monoisotopic (exact) mass is 430 g/mol. The third kappa shape index (κ3) is 3.73. The van der Waals surface area contributed by atoms with Gasteiger partial charge in [-0.05, 0) is 41.8 Å². The standard InChI is InChI=1S/C20H19FN4O4S/c1-11(26)22-5-4-13-9-23-19-16(13)6-14(21)7-18(19)30(28,29)25-15-3-2-12-10-24-20(27)17(12)8-15/h2-3,6-9,23,25H,4-5,10H2,1H3,(H,22,26)(H,24,27). The third-order valence-corrected chi connectivity index (χ3v) is 6.31. The quantitative estimate of drug-likeness (QED) is 0.478. The molecule has 2 amide bonds. The molecule has 0 unspecified atom stereocenters. The maximum atomic E-state index is 14.3. The lowest BCUT2D eigenvalue weighted by Gasteiger charge is -2.11. The fraction of sp³-hybridized carbons (Fsp3) is 0.200. The fourth-order valence-electron chi connectivity index (χ4n) is 3.50. The van der Waals surface area contributed by atoms with E-state index in [1.165, 1.54) is 19.1 Å². The molecular formula is C20H19FN4O4S. The van der Waals surface area contributed by atoms with Crippen molar-refractivity contribution in [2.24, 2.45) is 0 Å². The number of aromatic amines is 1. The van der Waals surface area contributed by atoms with E-state index in [-0.39, 0.29) is 27.9 Å². The van der Waals surface area contributed by atoms with Crippen LogP contribution in [0.25, 0.3) is 10.9 Å². The maximum absolute atomic E-state index is 14.3. The second-order valence-electron chi connectivity index (χ2n) is 7.03. The first-order valence-corrected chi connectivity index (χ1v) is 10.7. The first-order valence-electron chi connectivity index (χ1n) is 9.22. The van der Waals surface area contributed by atoms with E-state index in [1.807, 2.05) is 0 Å². The molecule has 0 saturated heterocycles. The largest absolute Gasteiger partial charge is 0.360 e. The molecule has 0 radical (unpaired) electrons. The van der Waals surface area contributed by atoms with Crippen LogP contribution in [-0.4, -0.2) is 31.8 Å². The number of carbonyl (C=O) groups is 2. The van der Waals surface area contributed by atoms with Gasteiger partial charge in [0.2, 0.25) is 5.91 Å². The van der Waals surface area contributed by atoms with Crippen LogP contribution in [0.3, 0.4) is 0 Å². The molecule has 1 aromatic heterocycles. The first kappa shape index (κ1) is 19.9. The second kappa shape index (κ2) is 7.45. The van der Waals surface area contributed by atoms with Crippen LogP contribution in [0, 0.1) is 5.82 Å². The number of rotatable bonds is 6. The molecule has 0 bridgehead atoms. The molecule has 30 heavy (non-hydrogen) atoms. The van der Waals surface area contributed by atoms with Crippen LogP contribution in [0.5, 0.6) is 0 Å². The number of H-pyrrole nitrogens is 1. The van der Waals surface area contributed by atoms with E-state index in [9.17, 15) is 22.4 Å². The number of aromatic nitrogens is 1. The van der Waals surface area contributed by atoms with E-state index < -0.39 is 15.8 Å². The number of amides is 2. The summed E-state index contributed by atoms with van der Waals surface area (Å²) in [7, 11) is -4.14. The molecule has 0 saturated carbocycles. The van der Waals surface area contributed by atoms with Crippen LogP contribution in [0.4, 0.5) is 10.1 Å². The summed E-state index contributed by atoms with van der Waals surface area (Å²) in [5.74, 6) is -1.15. The Bertz CT molecular complexity index is 1280. The van der Waals surface area contributed by atoms with Crippen molar-refractivity contribution >= 4 is 38.4 Å². The van der Waals surface area contributed by atoms with Crippen LogP contribution in [0.1, 0.15) is 28.4 Å². The molecule has 10 heteroatoms. The number of carbonyl (C=O) groups excluding carboxylic acids is 2. The number of anilines is 1. The zero-order valence-electron chi connectivity index (χ0n) is 16.0. The number of hydrogen-bond donors (Lipinski definition) is 4. The lowest BCUT2D eigenvalue weighted by atomic mass is 10.1. The Hall–Kier alpha value is -3.40. The van der Waals surface area contributed by atoms with Crippen LogP contribution >= 0.6 is 0 Å². The summed E-state index contributed by atoms with van der Waals surface area (Å²) >= 11 is 0. The molecule has 2 aromatic carbocycles. The fourth-order valence-corrected chi connectivity index (χ4v) is 4.75. The highest BCUT2D eigenvalue weighted by molar-refractivity contribution is 7.93. The number of hydrogen-bond acceptors (Lipinski definition) is 4. The number of fused-ring (bicyclic) bond motifs is 2. The second-order valence-corrected chi connectivity index (χ2v) is 8.68. The van der Waals surface area contributed by atoms with Crippen molar-refractivity contribution < 1.29 is 22.4 Å². The van der Waals surface area contributed by atoms with Gasteiger partial charge in [-0.3, -0.25) is 14.3 Å². The lowest BCUT2D eigenvalue weighted by molar-refractivity contribution is -0.118. The molecule has 4 N–H and O–H groups in total. The van der Waals surface area contributed by atoms with Gasteiger partial charge in [0.05, 0.1) is 5.52 Å². The Morgan fingerprint density at radius 1 is 1.23 bits per heavy atom. The average Bonchev–Trinajstić information content (AvgIpc) is 3.24. The highest BCUT2D eigenvalue weighted by atomic mass is 32.2. The Morgan fingerprint density at radius 3 is 2.80 bits per heavy atom. The van der Waals surface area contributed by atoms with Crippen molar-refractivity contribution in [1.82, 2.24) is 15.6 Å². The molecule has 1 aliphatic rings. The summed E-state index contributed by atoms with van der Waals surface area (Å²) in [5.41, 5.74) is 2.34. The number of sulfonamides is 1. The van der Waals surface area contributed by atoms with Crippen LogP contribution in [-0.2, 0) is 27.8 Å². The minimum atomic E-state index is -4.14. The molecule has 1 aliphatic heterocycles. The van der Waals surface area contributed by atoms with Crippen molar-refractivity contribution in [2.45, 2.75) is 24.8 Å². The lowest BCUT2D eigenvalue weighted by Crippen LogP contribution is -2.22. The molecule has 0 fully saturated rings. The number of halogens is 1. The summed E-state index contributed by atoms with van der Waals surface area (Å²) in [6.07, 6.45) is 2.01. The third-order valence-electron chi connectivity index (χ3n) is 4.91. The number of benzene rings is 2. The summed E-state index contributed by atoms with van der Waals surface area (Å²) in [5, 5.41) is 5.75. The van der Waals surface area contributed by atoms with Gasteiger partial charge >= 0.3 is 0 Å². The topological polar surface area (TPSA) is 120 Å². The van der Waals surface area contributed by atoms with Crippen molar-refractivity contribution in [1.29, 1.82) is 0 Å². The van der Waals surface area contributed by atoms with Gasteiger partial charge in [0.1, 0.15) is 10.7 Å². The van der Waals surface area contributed by atoms with E-state index in [2.05, 4.69) is 20.3 Å². The van der Waals surface area contributed by atoms with E-state index in [0.29, 0.717) is 36.0 Å². The van der Waals surface area contributed by atoms with Crippen molar-refractivity contribution in [3.8, 4) is 0 Å². The van der Waals surface area contributed by atoms with Gasteiger partial charge in [-0.2, -0.15) is 0 Å². The van der Waals surface area contributed by atoms with Crippen molar-refractivity contribution in [3.63, 3.8) is 0 Å². The van der Waals surface area contributed by atoms with Gasteiger partial charge in [0.15, 0.2) is 0 Å². The van der Waals surface area contributed by atoms with Crippen molar-refractivity contribution in [3.05, 3.63) is 59.0 Å². The molecule has 4 rings (SSSR count). The number of nitrogens with one attached hydrogen (secondary N) is 4. The SMILES string of the molecule is CC(=O)NCCc1c[nH]c2c(S(=O)(=O)Nc3ccc4c(c3)C(=O)NC4)cc(F)cc12. The summed E-state index contributed by atoms with van der Waals surface area (Å²) < 4.78 is 42.7. The Kier molecular flexibility index (Phi) is 4.94. The van der Waals surface area contributed by atoms with Gasteiger partial charge in [0, 0.05) is 42.8 Å². The first-order chi connectivity index (χ1) is 14.2. The van der Waals surface area contributed by atoms with Crippen LogP contribution in [0.2, 0.25) is 0 Å². The van der Waals surface area contributed by atoms with Gasteiger partial charge in [-0.1, -0.05) is 6.07 Å². The molecule has 3 aromatic rings. The van der Waals surface area contributed by atoms with Gasteiger partial charge < -0.3 is 15.6 Å². The van der Waals surface area contributed by atoms with E-state index >= 15 is 0 Å². The minimum Gasteiger partial charge on any atom is -0.360 e. The smallest absolute Gasteiger partial charge is 0.264 e. The van der Waals surface area contributed by atoms with Gasteiger partial charge in [-0.15, -0.1) is 0 Å². The molecule has 0 atom stereocenters. The van der Waals surface area contributed by atoms with Crippen LogP contribution < -0.4 is 15.4 Å². The molecule has 0 spiro atoms. The predicted molar refractivity (Wildman–Crippen MR) is 109 cm³/mol. The highest BCUT2D eigenvalue weighted by Crippen LogP contribution is 2.29. The molecular weight excluding hydrogens is 411 g/mol. The predicted octanol–water partition coefficient (Wildman–Crippen LogP) is 2.03. The van der Waals surface area contributed by atoms with Crippen LogP contribution in [0.15, 0.2) is 41.4 Å². The molecule has 0 aliphatic carbocycles. The maximum Gasteiger partial charge on any atom is 0.264 e. The van der Waals surface area contributed by atoms with Gasteiger partial charge in [-0.25, -0.2) is 12.8 Å². The highest BCUT2D eigenvalue weighted by Gasteiger charge is 2.24. The molecule has 2 heterocycles. The Balaban J connectivity index is 1.68. The normalized spacial score (nSPS) is 13.2. The Morgan fingerprint density at radius 2 is 2.03 bits per heavy atom. The molecule has 8 nitrogen and oxygen atoms in total. The van der Waals surface area contributed by atoms with Crippen molar-refractivity contribution in [2.75, 3.05) is 11.3 Å². The molecule has 156 valence electrons. The zero-order valence-corrected chi connectivity index (χ0v) is 16.8. The summed E-state index contributed by atoms with van der Waals surface area (Å²) in [6.45, 7) is 2.14. The minimum absolute atomic E-state index is 0.184. The van der Waals surface area contributed by atoms with E-state index in [0.717, 1.165) is 11.6 Å². The summed E-state index contributed by atoms with van der Waals surface area (Å²) in [4.78, 5) is 25.5. The zero-order chi connectivity index (χ0) is 21.5. The Labute approximate surface area is 171 Å². The average molecular weight is 430 g/mol.